The Morgan fingerprint density at radius 2 is 2.00 bits per heavy atom. The van der Waals surface area contributed by atoms with Gasteiger partial charge in [0.25, 0.3) is 0 Å². The number of likely N-dealkylation sites (tertiary alicyclic amines) is 1. The fraction of sp³-hybridized carbons (Fsp3) is 0.938. The Bertz CT molecular complexity index is 356. The Hall–Kier alpha value is -0.610. The van der Waals surface area contributed by atoms with Gasteiger partial charge in [0.05, 0.1) is 0 Å². The molecule has 0 bridgehead atoms. The van der Waals surface area contributed by atoms with E-state index in [2.05, 4.69) is 31.0 Å². The Morgan fingerprint density at radius 1 is 1.35 bits per heavy atom. The van der Waals surface area contributed by atoms with Crippen LogP contribution in [0.25, 0.3) is 0 Å². The van der Waals surface area contributed by atoms with Gasteiger partial charge in [-0.2, -0.15) is 0 Å². The maximum Gasteiger partial charge on any atom is 0.323 e. The highest BCUT2D eigenvalue weighted by Gasteiger charge is 2.40. The third kappa shape index (κ3) is 3.73. The average Bonchev–Trinajstić information content (AvgIpc) is 3.16. The predicted molar refractivity (Wildman–Crippen MR) is 80.8 cm³/mol. The van der Waals surface area contributed by atoms with Crippen molar-refractivity contribution in [2.75, 3.05) is 13.1 Å². The van der Waals surface area contributed by atoms with Gasteiger partial charge in [0, 0.05) is 18.6 Å². The Kier molecular flexibility index (Phi) is 4.75. The first-order valence-corrected chi connectivity index (χ1v) is 8.07. The van der Waals surface area contributed by atoms with Gasteiger partial charge in [0.2, 0.25) is 0 Å². The summed E-state index contributed by atoms with van der Waals surface area (Å²) < 4.78 is 0. The highest BCUT2D eigenvalue weighted by molar-refractivity contribution is 5.78. The van der Waals surface area contributed by atoms with Crippen LogP contribution in [-0.2, 0) is 4.79 Å². The van der Waals surface area contributed by atoms with Crippen LogP contribution in [0.3, 0.4) is 0 Å². The lowest BCUT2D eigenvalue weighted by molar-refractivity contribution is -0.145. The molecule has 0 spiro atoms. The first-order valence-electron chi connectivity index (χ1n) is 8.07. The molecule has 2 N–H and O–H groups in total. The van der Waals surface area contributed by atoms with Crippen molar-refractivity contribution in [3.63, 3.8) is 0 Å². The lowest BCUT2D eigenvalue weighted by Crippen LogP contribution is -2.55. The molecule has 2 rings (SSSR count). The molecule has 1 aliphatic carbocycles. The van der Waals surface area contributed by atoms with Crippen molar-refractivity contribution in [2.45, 2.75) is 71.0 Å². The zero-order valence-electron chi connectivity index (χ0n) is 13.4. The Labute approximate surface area is 122 Å². The van der Waals surface area contributed by atoms with Crippen LogP contribution < -0.4 is 5.32 Å². The summed E-state index contributed by atoms with van der Waals surface area (Å²) >= 11 is 0. The number of piperidine rings is 1. The molecule has 116 valence electrons. The van der Waals surface area contributed by atoms with Crippen LogP contribution in [0, 0.1) is 11.8 Å². The summed E-state index contributed by atoms with van der Waals surface area (Å²) in [6.45, 7) is 10.9. The van der Waals surface area contributed by atoms with Gasteiger partial charge in [-0.05, 0) is 57.9 Å². The maximum absolute atomic E-state index is 11.6. The van der Waals surface area contributed by atoms with Crippen molar-refractivity contribution in [1.82, 2.24) is 10.2 Å². The van der Waals surface area contributed by atoms with Crippen molar-refractivity contribution in [2.24, 2.45) is 11.8 Å². The van der Waals surface area contributed by atoms with Crippen LogP contribution in [-0.4, -0.2) is 46.7 Å². The fourth-order valence-electron chi connectivity index (χ4n) is 3.30. The van der Waals surface area contributed by atoms with E-state index in [1.165, 1.54) is 6.42 Å². The predicted octanol–water partition coefficient (Wildman–Crippen LogP) is 2.34. The molecule has 0 aromatic heterocycles. The first kappa shape index (κ1) is 15.8. The van der Waals surface area contributed by atoms with Crippen LogP contribution in [0.2, 0.25) is 0 Å². The number of carboxylic acid groups (broad SMARTS) is 1. The van der Waals surface area contributed by atoms with Crippen LogP contribution in [0.5, 0.6) is 0 Å². The molecule has 0 amide bonds. The topological polar surface area (TPSA) is 52.6 Å². The SMILES string of the molecule is CC1CCN(C(C)CC(C)(NC2CC2)C(=O)O)CC1C. The van der Waals surface area contributed by atoms with Crippen molar-refractivity contribution in [3.8, 4) is 0 Å². The number of aliphatic carboxylic acids is 1. The average molecular weight is 282 g/mol. The van der Waals surface area contributed by atoms with E-state index in [0.717, 1.165) is 31.8 Å². The maximum atomic E-state index is 11.6. The second-order valence-electron chi connectivity index (χ2n) is 7.35. The van der Waals surface area contributed by atoms with E-state index in [-0.39, 0.29) is 0 Å². The largest absolute Gasteiger partial charge is 0.480 e. The van der Waals surface area contributed by atoms with E-state index in [9.17, 15) is 9.90 Å². The summed E-state index contributed by atoms with van der Waals surface area (Å²) in [6.07, 6.45) is 4.15. The molecular weight excluding hydrogens is 252 g/mol. The highest BCUT2D eigenvalue weighted by atomic mass is 16.4. The van der Waals surface area contributed by atoms with Crippen molar-refractivity contribution >= 4 is 5.97 Å². The monoisotopic (exact) mass is 282 g/mol. The lowest BCUT2D eigenvalue weighted by atomic mass is 9.86. The van der Waals surface area contributed by atoms with E-state index in [1.54, 1.807) is 0 Å². The molecule has 4 unspecified atom stereocenters. The molecule has 1 saturated carbocycles. The van der Waals surface area contributed by atoms with E-state index in [0.29, 0.717) is 24.4 Å². The molecule has 0 aromatic carbocycles. The van der Waals surface area contributed by atoms with Gasteiger partial charge in [-0.25, -0.2) is 0 Å². The van der Waals surface area contributed by atoms with Crippen LogP contribution >= 0.6 is 0 Å². The number of hydrogen-bond acceptors (Lipinski definition) is 3. The second kappa shape index (κ2) is 6.02. The summed E-state index contributed by atoms with van der Waals surface area (Å²) in [7, 11) is 0. The molecule has 4 nitrogen and oxygen atoms in total. The number of rotatable bonds is 6. The van der Waals surface area contributed by atoms with Gasteiger partial charge in [-0.1, -0.05) is 13.8 Å². The molecule has 1 saturated heterocycles. The summed E-state index contributed by atoms with van der Waals surface area (Å²) in [5, 5.41) is 12.9. The molecule has 2 fully saturated rings. The normalized spacial score (nSPS) is 32.6. The molecular formula is C16H30N2O2. The second-order valence-corrected chi connectivity index (χ2v) is 7.35. The minimum Gasteiger partial charge on any atom is -0.480 e. The molecule has 20 heavy (non-hydrogen) atoms. The third-order valence-corrected chi connectivity index (χ3v) is 5.26. The van der Waals surface area contributed by atoms with E-state index in [4.69, 9.17) is 0 Å². The summed E-state index contributed by atoms with van der Waals surface area (Å²) in [4.78, 5) is 14.1. The number of carboxylic acids is 1. The molecule has 4 heteroatoms. The summed E-state index contributed by atoms with van der Waals surface area (Å²) in [6, 6.07) is 0.737. The summed E-state index contributed by atoms with van der Waals surface area (Å²) in [5.41, 5.74) is -0.785. The van der Waals surface area contributed by atoms with Crippen LogP contribution in [0.15, 0.2) is 0 Å². The van der Waals surface area contributed by atoms with Gasteiger partial charge >= 0.3 is 5.97 Å². The van der Waals surface area contributed by atoms with Crippen molar-refractivity contribution in [1.29, 1.82) is 0 Å². The minimum atomic E-state index is -0.785. The van der Waals surface area contributed by atoms with Gasteiger partial charge in [0.15, 0.2) is 0 Å². The molecule has 1 heterocycles. The Balaban J connectivity index is 1.93. The molecule has 0 radical (unpaired) electrons. The van der Waals surface area contributed by atoms with Crippen LogP contribution in [0.4, 0.5) is 0 Å². The Morgan fingerprint density at radius 3 is 2.50 bits per heavy atom. The van der Waals surface area contributed by atoms with Gasteiger partial charge < -0.3 is 10.0 Å². The lowest BCUT2D eigenvalue weighted by Gasteiger charge is -2.41. The van der Waals surface area contributed by atoms with E-state index in [1.807, 2.05) is 6.92 Å². The smallest absolute Gasteiger partial charge is 0.323 e. The zero-order valence-corrected chi connectivity index (χ0v) is 13.4. The zero-order chi connectivity index (χ0) is 14.9. The van der Waals surface area contributed by atoms with Gasteiger partial charge in [0.1, 0.15) is 5.54 Å². The number of carbonyl (C=O) groups is 1. The minimum absolute atomic E-state index is 0.317. The third-order valence-electron chi connectivity index (χ3n) is 5.26. The molecule has 0 aromatic rings. The van der Waals surface area contributed by atoms with E-state index >= 15 is 0 Å². The van der Waals surface area contributed by atoms with E-state index < -0.39 is 11.5 Å². The molecule has 4 atom stereocenters. The molecule has 2 aliphatic rings. The first-order chi connectivity index (χ1) is 9.32. The number of nitrogens with one attached hydrogen (secondary N) is 1. The fourth-order valence-corrected chi connectivity index (χ4v) is 3.30. The molecule has 1 aliphatic heterocycles. The van der Waals surface area contributed by atoms with Crippen LogP contribution in [0.1, 0.15) is 53.4 Å². The van der Waals surface area contributed by atoms with Gasteiger partial charge in [-0.3, -0.25) is 10.1 Å². The highest BCUT2D eigenvalue weighted by Crippen LogP contribution is 2.29. The quantitative estimate of drug-likeness (QED) is 0.785. The van der Waals surface area contributed by atoms with Gasteiger partial charge in [-0.15, -0.1) is 0 Å². The number of nitrogens with zero attached hydrogens (tertiary/aromatic N) is 1. The van der Waals surface area contributed by atoms with Crippen molar-refractivity contribution < 1.29 is 9.90 Å². The number of hydrogen-bond donors (Lipinski definition) is 2. The van der Waals surface area contributed by atoms with Crippen molar-refractivity contribution in [3.05, 3.63) is 0 Å². The standard InChI is InChI=1S/C16H30N2O2/c1-11-7-8-18(10-12(11)2)13(3)9-16(4,15(19)20)17-14-5-6-14/h11-14,17H,5-10H2,1-4H3,(H,19,20). The summed E-state index contributed by atoms with van der Waals surface area (Å²) in [5.74, 6) is 0.780.